The van der Waals surface area contributed by atoms with Crippen LogP contribution in [0.2, 0.25) is 0 Å². The number of likely N-dealkylation sites (N-methyl/N-ethyl adjacent to an activating group) is 1. The lowest BCUT2D eigenvalue weighted by molar-refractivity contribution is -0.384. The Balaban J connectivity index is 1.97. The third-order valence-corrected chi connectivity index (χ3v) is 4.67. The average molecular weight is 341 g/mol. The van der Waals surface area contributed by atoms with Gasteiger partial charge in [-0.15, -0.1) is 0 Å². The molecule has 2 aromatic carbocycles. The number of para-hydroxylation sites is 1. The number of methoxy groups -OCH3 is 1. The van der Waals surface area contributed by atoms with E-state index in [2.05, 4.69) is 16.7 Å². The molecule has 25 heavy (non-hydrogen) atoms. The van der Waals surface area contributed by atoms with Crippen molar-refractivity contribution < 1.29 is 9.66 Å². The lowest BCUT2D eigenvalue weighted by Crippen LogP contribution is -2.31. The highest BCUT2D eigenvalue weighted by Gasteiger charge is 2.27. The fourth-order valence-electron chi connectivity index (χ4n) is 3.29. The van der Waals surface area contributed by atoms with Gasteiger partial charge < -0.3 is 9.64 Å². The zero-order valence-electron chi connectivity index (χ0n) is 14.6. The normalized spacial score (nSPS) is 14.7. The monoisotopic (exact) mass is 341 g/mol. The van der Waals surface area contributed by atoms with E-state index in [-0.39, 0.29) is 10.6 Å². The van der Waals surface area contributed by atoms with Crippen LogP contribution in [0.5, 0.6) is 5.75 Å². The van der Waals surface area contributed by atoms with Gasteiger partial charge in [0.25, 0.3) is 5.69 Å². The number of hydrogen-bond donors (Lipinski definition) is 0. The topological polar surface area (TPSA) is 58.8 Å². The van der Waals surface area contributed by atoms with E-state index in [0.29, 0.717) is 6.54 Å². The lowest BCUT2D eigenvalue weighted by atomic mass is 10.1. The molecule has 0 bridgehead atoms. The molecule has 0 aromatic heterocycles. The summed E-state index contributed by atoms with van der Waals surface area (Å²) in [4.78, 5) is 15.7. The van der Waals surface area contributed by atoms with Gasteiger partial charge in [-0.25, -0.2) is 0 Å². The molecule has 2 aromatic rings. The van der Waals surface area contributed by atoms with Crippen LogP contribution in [-0.2, 0) is 13.1 Å². The van der Waals surface area contributed by atoms with E-state index in [0.717, 1.165) is 48.7 Å². The van der Waals surface area contributed by atoms with Crippen molar-refractivity contribution in [3.05, 3.63) is 63.7 Å². The first-order valence-electron chi connectivity index (χ1n) is 8.49. The van der Waals surface area contributed by atoms with Crippen molar-refractivity contribution >= 4 is 11.4 Å². The van der Waals surface area contributed by atoms with Crippen LogP contribution < -0.4 is 9.64 Å². The maximum absolute atomic E-state index is 11.6. The molecule has 0 fully saturated rings. The van der Waals surface area contributed by atoms with Gasteiger partial charge in [-0.05, 0) is 29.8 Å². The van der Waals surface area contributed by atoms with Crippen LogP contribution in [0.1, 0.15) is 18.1 Å². The highest BCUT2D eigenvalue weighted by molar-refractivity contribution is 5.68. The second kappa shape index (κ2) is 7.53. The molecule has 0 unspecified atom stereocenters. The van der Waals surface area contributed by atoms with Crippen LogP contribution in [0, 0.1) is 10.1 Å². The molecule has 0 atom stereocenters. The summed E-state index contributed by atoms with van der Waals surface area (Å²) in [5.41, 5.74) is 3.06. The molecule has 0 amide bonds. The van der Waals surface area contributed by atoms with E-state index in [1.807, 2.05) is 30.3 Å². The van der Waals surface area contributed by atoms with E-state index in [1.165, 1.54) is 0 Å². The quantitative estimate of drug-likeness (QED) is 0.616. The van der Waals surface area contributed by atoms with Gasteiger partial charge in [0.05, 0.1) is 12.0 Å². The zero-order valence-corrected chi connectivity index (χ0v) is 14.6. The minimum atomic E-state index is -0.276. The van der Waals surface area contributed by atoms with Crippen molar-refractivity contribution in [1.29, 1.82) is 0 Å². The van der Waals surface area contributed by atoms with Crippen LogP contribution in [0.15, 0.2) is 42.5 Å². The molecule has 6 nitrogen and oxygen atoms in total. The largest absolute Gasteiger partial charge is 0.497 e. The molecule has 132 valence electrons. The molecule has 6 heteroatoms. The minimum Gasteiger partial charge on any atom is -0.497 e. The third kappa shape index (κ3) is 3.74. The number of nitrogens with zero attached hydrogens (tertiary/aromatic N) is 3. The highest BCUT2D eigenvalue weighted by Crippen LogP contribution is 2.35. The standard InChI is InChI=1S/C19H23N3O3/c1-3-20-11-12-21(13-15-7-9-17(25-2)10-8-15)19-16(14-20)5-4-6-18(19)22(23)24/h4-10H,3,11-14H2,1-2H3. The van der Waals surface area contributed by atoms with E-state index in [4.69, 9.17) is 4.74 Å². The Kier molecular flexibility index (Phi) is 5.19. The Morgan fingerprint density at radius 2 is 1.92 bits per heavy atom. The number of nitro groups is 1. The van der Waals surface area contributed by atoms with Gasteiger partial charge in [0, 0.05) is 32.2 Å². The first kappa shape index (κ1) is 17.2. The summed E-state index contributed by atoms with van der Waals surface area (Å²) in [6.45, 7) is 6.08. The minimum absolute atomic E-state index is 0.184. The fourth-order valence-corrected chi connectivity index (χ4v) is 3.29. The third-order valence-electron chi connectivity index (χ3n) is 4.67. The molecule has 0 spiro atoms. The van der Waals surface area contributed by atoms with Gasteiger partial charge in [0.1, 0.15) is 11.4 Å². The van der Waals surface area contributed by atoms with Gasteiger partial charge in [-0.2, -0.15) is 0 Å². The van der Waals surface area contributed by atoms with Crippen molar-refractivity contribution in [2.45, 2.75) is 20.0 Å². The first-order chi connectivity index (χ1) is 12.1. The summed E-state index contributed by atoms with van der Waals surface area (Å²) in [6.07, 6.45) is 0. The zero-order chi connectivity index (χ0) is 17.8. The summed E-state index contributed by atoms with van der Waals surface area (Å²) >= 11 is 0. The molecule has 0 N–H and O–H groups in total. The summed E-state index contributed by atoms with van der Waals surface area (Å²) in [5.74, 6) is 0.808. The summed E-state index contributed by atoms with van der Waals surface area (Å²) in [6, 6.07) is 13.2. The van der Waals surface area contributed by atoms with Crippen molar-refractivity contribution in [2.75, 3.05) is 31.6 Å². The van der Waals surface area contributed by atoms with Crippen LogP contribution >= 0.6 is 0 Å². The Morgan fingerprint density at radius 1 is 1.16 bits per heavy atom. The average Bonchev–Trinajstić information content (AvgIpc) is 2.81. The van der Waals surface area contributed by atoms with Crippen molar-refractivity contribution in [3.8, 4) is 5.75 Å². The van der Waals surface area contributed by atoms with Gasteiger partial charge in [-0.3, -0.25) is 15.0 Å². The van der Waals surface area contributed by atoms with Gasteiger partial charge in [-0.1, -0.05) is 31.2 Å². The first-order valence-corrected chi connectivity index (χ1v) is 8.49. The van der Waals surface area contributed by atoms with Crippen LogP contribution in [0.3, 0.4) is 0 Å². The smallest absolute Gasteiger partial charge is 0.292 e. The number of fused-ring (bicyclic) bond motifs is 1. The Morgan fingerprint density at radius 3 is 2.56 bits per heavy atom. The number of anilines is 1. The van der Waals surface area contributed by atoms with Crippen LogP contribution in [0.25, 0.3) is 0 Å². The molecule has 1 heterocycles. The second-order valence-corrected chi connectivity index (χ2v) is 6.18. The number of benzene rings is 2. The molecule has 0 saturated heterocycles. The molecule has 0 radical (unpaired) electrons. The van der Waals surface area contributed by atoms with Gasteiger partial charge >= 0.3 is 0 Å². The number of nitro benzene ring substituents is 1. The van der Waals surface area contributed by atoms with Crippen molar-refractivity contribution in [3.63, 3.8) is 0 Å². The fraction of sp³-hybridized carbons (Fsp3) is 0.368. The van der Waals surface area contributed by atoms with Crippen LogP contribution in [0.4, 0.5) is 11.4 Å². The molecule has 0 saturated carbocycles. The van der Waals surface area contributed by atoms with Crippen molar-refractivity contribution in [2.24, 2.45) is 0 Å². The Bertz CT molecular complexity index is 746. The summed E-state index contributed by atoms with van der Waals surface area (Å²) < 4.78 is 5.21. The maximum Gasteiger partial charge on any atom is 0.292 e. The van der Waals surface area contributed by atoms with Gasteiger partial charge in [0.15, 0.2) is 0 Å². The van der Waals surface area contributed by atoms with E-state index < -0.39 is 0 Å². The maximum atomic E-state index is 11.6. The van der Waals surface area contributed by atoms with E-state index >= 15 is 0 Å². The summed E-state index contributed by atoms with van der Waals surface area (Å²) in [5, 5.41) is 11.6. The molecule has 0 aliphatic carbocycles. The molecule has 3 rings (SSSR count). The highest BCUT2D eigenvalue weighted by atomic mass is 16.6. The van der Waals surface area contributed by atoms with E-state index in [9.17, 15) is 10.1 Å². The van der Waals surface area contributed by atoms with Crippen LogP contribution in [-0.4, -0.2) is 36.6 Å². The molecular weight excluding hydrogens is 318 g/mol. The molecule has 1 aliphatic rings. The lowest BCUT2D eigenvalue weighted by Gasteiger charge is -2.24. The van der Waals surface area contributed by atoms with E-state index in [1.54, 1.807) is 19.2 Å². The Hall–Kier alpha value is -2.60. The molecular formula is C19H23N3O3. The second-order valence-electron chi connectivity index (χ2n) is 6.18. The van der Waals surface area contributed by atoms with Gasteiger partial charge in [0.2, 0.25) is 0 Å². The number of hydrogen-bond acceptors (Lipinski definition) is 5. The number of ether oxygens (including phenoxy) is 1. The number of rotatable bonds is 5. The SMILES string of the molecule is CCN1CCN(Cc2ccc(OC)cc2)c2c(cccc2[N+](=O)[O-])C1. The van der Waals surface area contributed by atoms with Crippen molar-refractivity contribution in [1.82, 2.24) is 4.90 Å². The predicted molar refractivity (Wildman–Crippen MR) is 98.1 cm³/mol. The summed E-state index contributed by atoms with van der Waals surface area (Å²) in [7, 11) is 1.64. The Labute approximate surface area is 147 Å². The predicted octanol–water partition coefficient (Wildman–Crippen LogP) is 3.45. The molecule has 1 aliphatic heterocycles.